The van der Waals surface area contributed by atoms with E-state index in [-0.39, 0.29) is 11.8 Å². The Labute approximate surface area is 191 Å². The molecule has 3 aromatic carbocycles. The first kappa shape index (κ1) is 20.3. The summed E-state index contributed by atoms with van der Waals surface area (Å²) >= 11 is 6.21. The highest BCUT2D eigenvalue weighted by atomic mass is 35.5. The highest BCUT2D eigenvalue weighted by Gasteiger charge is 2.44. The maximum Gasteiger partial charge on any atom is 0.282 e. The van der Waals surface area contributed by atoms with Crippen molar-refractivity contribution in [1.29, 1.82) is 0 Å². The third-order valence-corrected chi connectivity index (χ3v) is 6.19. The topological polar surface area (TPSA) is 49.9 Å². The molecule has 2 amide bonds. The fraction of sp³-hybridized carbons (Fsp3) is 0.154. The van der Waals surface area contributed by atoms with Gasteiger partial charge in [0.15, 0.2) is 0 Å². The van der Waals surface area contributed by atoms with E-state index in [1.165, 1.54) is 17.6 Å². The third kappa shape index (κ3) is 3.35. The van der Waals surface area contributed by atoms with Crippen LogP contribution in [-0.4, -0.2) is 30.4 Å². The third-order valence-electron chi connectivity index (χ3n) is 5.95. The summed E-state index contributed by atoms with van der Waals surface area (Å²) in [5.74, 6) is -0.335. The van der Waals surface area contributed by atoms with Gasteiger partial charge < -0.3 is 9.64 Å². The van der Waals surface area contributed by atoms with E-state index in [0.29, 0.717) is 46.4 Å². The van der Waals surface area contributed by atoms with Crippen LogP contribution in [0.2, 0.25) is 5.02 Å². The molecule has 5 rings (SSSR count). The molecule has 0 aromatic heterocycles. The Morgan fingerprint density at radius 1 is 0.875 bits per heavy atom. The summed E-state index contributed by atoms with van der Waals surface area (Å²) in [5, 5.41) is 0.419. The van der Waals surface area contributed by atoms with Gasteiger partial charge in [0.05, 0.1) is 18.4 Å². The molecule has 0 radical (unpaired) electrons. The standard InChI is InChI=1S/C26H21ClN2O3/c1-32-22-12-11-20(27)15-21(22)29-25(30)23(18-8-3-2-4-9-18)24(26(29)31)28-14-13-17-7-5-6-10-19(17)16-28/h2-12,15H,13-14,16H2,1H3. The smallest absolute Gasteiger partial charge is 0.282 e. The van der Waals surface area contributed by atoms with Gasteiger partial charge in [0.25, 0.3) is 11.8 Å². The van der Waals surface area contributed by atoms with Gasteiger partial charge in [-0.15, -0.1) is 0 Å². The maximum absolute atomic E-state index is 13.8. The SMILES string of the molecule is COc1ccc(Cl)cc1N1C(=O)C(c2ccccc2)=C(N2CCc3ccccc3C2)C1=O. The minimum atomic E-state index is -0.379. The van der Waals surface area contributed by atoms with Gasteiger partial charge in [-0.1, -0.05) is 66.2 Å². The highest BCUT2D eigenvalue weighted by molar-refractivity contribution is 6.46. The zero-order valence-corrected chi connectivity index (χ0v) is 18.3. The fourth-order valence-electron chi connectivity index (χ4n) is 4.42. The number of ether oxygens (including phenoxy) is 1. The molecule has 0 fully saturated rings. The van der Waals surface area contributed by atoms with Crippen molar-refractivity contribution in [2.75, 3.05) is 18.6 Å². The van der Waals surface area contributed by atoms with Gasteiger partial charge in [-0.05, 0) is 41.3 Å². The van der Waals surface area contributed by atoms with Gasteiger partial charge in [0, 0.05) is 18.1 Å². The Kier molecular flexibility index (Phi) is 5.19. The lowest BCUT2D eigenvalue weighted by molar-refractivity contribution is -0.120. The van der Waals surface area contributed by atoms with Crippen LogP contribution in [-0.2, 0) is 22.6 Å². The second-order valence-corrected chi connectivity index (χ2v) is 8.23. The Morgan fingerprint density at radius 3 is 2.34 bits per heavy atom. The Bertz CT molecular complexity index is 1250. The summed E-state index contributed by atoms with van der Waals surface area (Å²) in [6.07, 6.45) is 0.809. The van der Waals surface area contributed by atoms with Crippen molar-refractivity contribution >= 4 is 34.7 Å². The van der Waals surface area contributed by atoms with Crippen LogP contribution in [0, 0.1) is 0 Å². The molecule has 5 nitrogen and oxygen atoms in total. The molecule has 0 N–H and O–H groups in total. The average Bonchev–Trinajstić information content (AvgIpc) is 3.09. The molecule has 0 aliphatic carbocycles. The maximum atomic E-state index is 13.8. The Balaban J connectivity index is 1.64. The molecule has 160 valence electrons. The number of hydrogen-bond acceptors (Lipinski definition) is 4. The molecule has 0 atom stereocenters. The van der Waals surface area contributed by atoms with Crippen LogP contribution < -0.4 is 9.64 Å². The summed E-state index contributed by atoms with van der Waals surface area (Å²) in [5.41, 5.74) is 4.31. The van der Waals surface area contributed by atoms with Gasteiger partial charge >= 0.3 is 0 Å². The van der Waals surface area contributed by atoms with E-state index in [0.717, 1.165) is 12.0 Å². The zero-order chi connectivity index (χ0) is 22.2. The molecule has 2 heterocycles. The number of rotatable bonds is 4. The van der Waals surface area contributed by atoms with E-state index in [4.69, 9.17) is 16.3 Å². The van der Waals surface area contributed by atoms with Crippen LogP contribution in [0.1, 0.15) is 16.7 Å². The van der Waals surface area contributed by atoms with Gasteiger partial charge in [0.2, 0.25) is 0 Å². The van der Waals surface area contributed by atoms with Crippen molar-refractivity contribution in [3.05, 3.63) is 100 Å². The van der Waals surface area contributed by atoms with Crippen molar-refractivity contribution in [2.24, 2.45) is 0 Å². The summed E-state index contributed by atoms with van der Waals surface area (Å²) in [6.45, 7) is 1.23. The quantitative estimate of drug-likeness (QED) is 0.548. The molecular formula is C26H21ClN2O3. The number of nitrogens with zero attached hydrogens (tertiary/aromatic N) is 2. The van der Waals surface area contributed by atoms with E-state index < -0.39 is 0 Å². The van der Waals surface area contributed by atoms with Crippen LogP contribution in [0.5, 0.6) is 5.75 Å². The number of halogens is 1. The number of fused-ring (bicyclic) bond motifs is 1. The number of anilines is 1. The minimum absolute atomic E-state index is 0.343. The number of amides is 2. The van der Waals surface area contributed by atoms with E-state index >= 15 is 0 Å². The first-order valence-electron chi connectivity index (χ1n) is 10.4. The van der Waals surface area contributed by atoms with Crippen molar-refractivity contribution < 1.29 is 14.3 Å². The predicted octanol–water partition coefficient (Wildman–Crippen LogP) is 4.69. The molecular weight excluding hydrogens is 424 g/mol. The number of carbonyl (C=O) groups excluding carboxylic acids is 2. The van der Waals surface area contributed by atoms with Gasteiger partial charge in [-0.2, -0.15) is 0 Å². The molecule has 32 heavy (non-hydrogen) atoms. The Morgan fingerprint density at radius 2 is 1.59 bits per heavy atom. The lowest BCUT2D eigenvalue weighted by Gasteiger charge is -2.31. The van der Waals surface area contributed by atoms with E-state index in [2.05, 4.69) is 12.1 Å². The molecule has 0 unspecified atom stereocenters. The lowest BCUT2D eigenvalue weighted by Crippen LogP contribution is -2.37. The number of benzene rings is 3. The van der Waals surface area contributed by atoms with Crippen molar-refractivity contribution in [2.45, 2.75) is 13.0 Å². The molecule has 2 aliphatic rings. The summed E-state index contributed by atoms with van der Waals surface area (Å²) < 4.78 is 5.44. The zero-order valence-electron chi connectivity index (χ0n) is 17.5. The molecule has 2 aliphatic heterocycles. The molecule has 0 spiro atoms. The van der Waals surface area contributed by atoms with E-state index in [1.54, 1.807) is 18.2 Å². The largest absolute Gasteiger partial charge is 0.495 e. The number of hydrogen-bond donors (Lipinski definition) is 0. The van der Waals surface area contributed by atoms with Crippen molar-refractivity contribution in [1.82, 2.24) is 4.90 Å². The summed E-state index contributed by atoms with van der Waals surface area (Å²) in [6, 6.07) is 22.5. The lowest BCUT2D eigenvalue weighted by atomic mass is 9.98. The van der Waals surface area contributed by atoms with Crippen LogP contribution in [0.25, 0.3) is 5.57 Å². The second-order valence-electron chi connectivity index (χ2n) is 7.79. The molecule has 0 saturated heterocycles. The molecule has 3 aromatic rings. The first-order chi connectivity index (χ1) is 15.6. The van der Waals surface area contributed by atoms with Crippen molar-refractivity contribution in [3.63, 3.8) is 0 Å². The van der Waals surface area contributed by atoms with Crippen LogP contribution in [0.15, 0.2) is 78.5 Å². The van der Waals surface area contributed by atoms with Crippen LogP contribution in [0.3, 0.4) is 0 Å². The van der Waals surface area contributed by atoms with Gasteiger partial charge in [0.1, 0.15) is 11.4 Å². The highest BCUT2D eigenvalue weighted by Crippen LogP contribution is 2.40. The summed E-state index contributed by atoms with van der Waals surface area (Å²) in [4.78, 5) is 30.7. The molecule has 0 bridgehead atoms. The van der Waals surface area contributed by atoms with E-state index in [9.17, 15) is 9.59 Å². The second kappa shape index (κ2) is 8.17. The predicted molar refractivity (Wildman–Crippen MR) is 124 cm³/mol. The Hall–Kier alpha value is -3.57. The number of carbonyl (C=O) groups is 2. The normalized spacial score (nSPS) is 15.9. The number of imide groups is 1. The number of methoxy groups -OCH3 is 1. The minimum Gasteiger partial charge on any atom is -0.495 e. The summed E-state index contributed by atoms with van der Waals surface area (Å²) in [7, 11) is 1.51. The monoisotopic (exact) mass is 444 g/mol. The average molecular weight is 445 g/mol. The van der Waals surface area contributed by atoms with Gasteiger partial charge in [-0.25, -0.2) is 4.90 Å². The van der Waals surface area contributed by atoms with Crippen LogP contribution >= 0.6 is 11.6 Å². The van der Waals surface area contributed by atoms with Gasteiger partial charge in [-0.3, -0.25) is 9.59 Å². The molecule has 0 saturated carbocycles. The fourth-order valence-corrected chi connectivity index (χ4v) is 4.59. The van der Waals surface area contributed by atoms with Crippen molar-refractivity contribution in [3.8, 4) is 5.75 Å². The van der Waals surface area contributed by atoms with Crippen LogP contribution in [0.4, 0.5) is 5.69 Å². The molecule has 6 heteroatoms. The first-order valence-corrected chi connectivity index (χ1v) is 10.8. The van der Waals surface area contributed by atoms with E-state index in [1.807, 2.05) is 47.4 Å².